The Kier molecular flexibility index (Phi) is 2.43. The van der Waals surface area contributed by atoms with Crippen LogP contribution in [0.1, 0.15) is 12.8 Å². The maximum absolute atomic E-state index is 5.21. The van der Waals surface area contributed by atoms with Crippen molar-refractivity contribution in [3.05, 3.63) is 0 Å². The molecule has 0 aromatic rings. The van der Waals surface area contributed by atoms with Crippen LogP contribution in [-0.4, -0.2) is 23.5 Å². The molecule has 4 heteroatoms. The highest BCUT2D eigenvalue weighted by Gasteiger charge is 2.27. The van der Waals surface area contributed by atoms with Crippen LogP contribution in [0.25, 0.3) is 0 Å². The van der Waals surface area contributed by atoms with Gasteiger partial charge < -0.3 is 11.5 Å². The maximum Gasteiger partial charge on any atom is 0.186 e. The molecule has 10 heavy (non-hydrogen) atoms. The monoisotopic (exact) mass is 159 g/mol. The zero-order chi connectivity index (χ0) is 7.56. The van der Waals surface area contributed by atoms with Crippen molar-refractivity contribution in [3.63, 3.8) is 0 Å². The molecule has 4 N–H and O–H groups in total. The minimum Gasteiger partial charge on any atom is -0.370 e. The molecule has 1 rings (SSSR count). The average Bonchev–Trinajstić information content (AvgIpc) is 1.76. The molecule has 1 aliphatic rings. The molecule has 0 aromatic heterocycles. The highest BCUT2D eigenvalue weighted by Crippen LogP contribution is 2.31. The van der Waals surface area contributed by atoms with Crippen LogP contribution in [0.2, 0.25) is 0 Å². The van der Waals surface area contributed by atoms with Gasteiger partial charge in [0.05, 0.1) is 6.04 Å². The van der Waals surface area contributed by atoms with Gasteiger partial charge >= 0.3 is 0 Å². The van der Waals surface area contributed by atoms with E-state index in [2.05, 4.69) is 11.2 Å². The summed E-state index contributed by atoms with van der Waals surface area (Å²) in [7, 11) is 0. The molecule has 0 radical (unpaired) electrons. The molecule has 0 unspecified atom stereocenters. The van der Waals surface area contributed by atoms with Crippen molar-refractivity contribution in [2.45, 2.75) is 24.1 Å². The first-order chi connectivity index (χ1) is 4.72. The fraction of sp³-hybridized carbons (Fsp3) is 0.833. The van der Waals surface area contributed by atoms with Crippen LogP contribution in [0.4, 0.5) is 0 Å². The van der Waals surface area contributed by atoms with E-state index < -0.39 is 0 Å². The molecule has 1 aliphatic carbocycles. The van der Waals surface area contributed by atoms with E-state index in [0.29, 0.717) is 6.04 Å². The molecule has 0 aromatic carbocycles. The molecule has 0 atom stereocenters. The second-order valence-electron chi connectivity index (χ2n) is 2.54. The maximum atomic E-state index is 5.21. The third kappa shape index (κ3) is 1.80. The molecule has 0 aliphatic heterocycles. The second-order valence-corrected chi connectivity index (χ2v) is 3.67. The predicted molar refractivity (Wildman–Crippen MR) is 46.1 cm³/mol. The fourth-order valence-corrected chi connectivity index (χ4v) is 1.88. The van der Waals surface area contributed by atoms with Gasteiger partial charge in [0.25, 0.3) is 0 Å². The van der Waals surface area contributed by atoms with Crippen LogP contribution in [0.3, 0.4) is 0 Å². The van der Waals surface area contributed by atoms with E-state index in [1.54, 1.807) is 0 Å². The summed E-state index contributed by atoms with van der Waals surface area (Å²) in [4.78, 5) is 4.04. The number of nitrogens with two attached hydrogens (primary N) is 2. The van der Waals surface area contributed by atoms with Gasteiger partial charge in [0, 0.05) is 5.25 Å². The molecular weight excluding hydrogens is 146 g/mol. The van der Waals surface area contributed by atoms with E-state index in [9.17, 15) is 0 Å². The summed E-state index contributed by atoms with van der Waals surface area (Å²) in [5, 5.41) is 0.785. The van der Waals surface area contributed by atoms with Crippen LogP contribution >= 0.6 is 11.8 Å². The lowest BCUT2D eigenvalue weighted by molar-refractivity contribution is 0.435. The lowest BCUT2D eigenvalue weighted by Gasteiger charge is -2.30. The van der Waals surface area contributed by atoms with Crippen LogP contribution < -0.4 is 11.5 Å². The summed E-state index contributed by atoms with van der Waals surface area (Å²) in [5.41, 5.74) is 10.4. The van der Waals surface area contributed by atoms with Gasteiger partial charge in [0.1, 0.15) is 0 Å². The predicted octanol–water partition coefficient (Wildman–Crippen LogP) is 0.154. The first kappa shape index (κ1) is 7.72. The van der Waals surface area contributed by atoms with E-state index >= 15 is 0 Å². The molecule has 1 fully saturated rings. The number of hydrogen-bond acceptors (Lipinski definition) is 2. The molecule has 1 saturated carbocycles. The van der Waals surface area contributed by atoms with Crippen LogP contribution in [-0.2, 0) is 0 Å². The Morgan fingerprint density at radius 1 is 1.50 bits per heavy atom. The Morgan fingerprint density at radius 3 is 2.50 bits per heavy atom. The smallest absolute Gasteiger partial charge is 0.186 e. The first-order valence-electron chi connectivity index (χ1n) is 3.34. The Labute approximate surface area is 65.3 Å². The Bertz CT molecular complexity index is 136. The molecule has 58 valence electrons. The minimum absolute atomic E-state index is 0.226. The summed E-state index contributed by atoms with van der Waals surface area (Å²) >= 11 is 1.89. The Balaban J connectivity index is 2.20. The zero-order valence-electron chi connectivity index (χ0n) is 6.08. The molecule has 0 heterocycles. The van der Waals surface area contributed by atoms with Crippen LogP contribution in [0.5, 0.6) is 0 Å². The van der Waals surface area contributed by atoms with Gasteiger partial charge in [-0.05, 0) is 19.1 Å². The second kappa shape index (κ2) is 3.14. The highest BCUT2D eigenvalue weighted by atomic mass is 32.2. The van der Waals surface area contributed by atoms with Crippen molar-refractivity contribution >= 4 is 17.7 Å². The highest BCUT2D eigenvalue weighted by molar-refractivity contribution is 7.99. The molecular formula is C6H13N3S. The molecule has 0 spiro atoms. The Hall–Kier alpha value is -0.380. The van der Waals surface area contributed by atoms with Crippen molar-refractivity contribution in [2.75, 3.05) is 6.26 Å². The number of guanidine groups is 1. The van der Waals surface area contributed by atoms with Gasteiger partial charge in [-0.25, -0.2) is 0 Å². The number of aliphatic imine (C=N–C) groups is 1. The number of hydrogen-bond donors (Lipinski definition) is 2. The van der Waals surface area contributed by atoms with E-state index in [1.807, 2.05) is 11.8 Å². The number of thioether (sulfide) groups is 1. The minimum atomic E-state index is 0.226. The lowest BCUT2D eigenvalue weighted by atomic mass is 9.93. The summed E-state index contributed by atoms with van der Waals surface area (Å²) in [6, 6.07) is 0.405. The van der Waals surface area contributed by atoms with Crippen LogP contribution in [0, 0.1) is 0 Å². The number of rotatable bonds is 2. The molecule has 0 saturated heterocycles. The van der Waals surface area contributed by atoms with Gasteiger partial charge in [0.15, 0.2) is 5.96 Å². The topological polar surface area (TPSA) is 64.4 Å². The normalized spacial score (nSPS) is 30.9. The van der Waals surface area contributed by atoms with E-state index in [0.717, 1.165) is 18.1 Å². The van der Waals surface area contributed by atoms with E-state index in [-0.39, 0.29) is 5.96 Å². The van der Waals surface area contributed by atoms with Crippen molar-refractivity contribution in [2.24, 2.45) is 16.5 Å². The third-order valence-electron chi connectivity index (χ3n) is 1.73. The molecule has 0 bridgehead atoms. The van der Waals surface area contributed by atoms with Crippen molar-refractivity contribution < 1.29 is 0 Å². The lowest BCUT2D eigenvalue weighted by Crippen LogP contribution is -2.34. The van der Waals surface area contributed by atoms with Gasteiger partial charge in [-0.2, -0.15) is 11.8 Å². The van der Waals surface area contributed by atoms with Crippen molar-refractivity contribution in [1.29, 1.82) is 0 Å². The third-order valence-corrected chi connectivity index (χ3v) is 2.79. The molecule has 0 amide bonds. The SMILES string of the molecule is CSC1CC(N=C(N)N)C1. The van der Waals surface area contributed by atoms with E-state index in [4.69, 9.17) is 11.5 Å². The quantitative estimate of drug-likeness (QED) is 0.445. The van der Waals surface area contributed by atoms with Gasteiger partial charge in [-0.3, -0.25) is 4.99 Å². The van der Waals surface area contributed by atoms with E-state index in [1.165, 1.54) is 0 Å². The largest absolute Gasteiger partial charge is 0.370 e. The standard InChI is InChI=1S/C6H13N3S/c1-10-5-2-4(3-5)9-6(7)8/h4-5H,2-3H2,1H3,(H4,7,8,9). The first-order valence-corrected chi connectivity index (χ1v) is 4.62. The summed E-state index contributed by atoms with van der Waals surface area (Å²) < 4.78 is 0. The number of nitrogens with zero attached hydrogens (tertiary/aromatic N) is 1. The summed E-state index contributed by atoms with van der Waals surface area (Å²) in [6.45, 7) is 0. The van der Waals surface area contributed by atoms with Crippen molar-refractivity contribution in [1.82, 2.24) is 0 Å². The average molecular weight is 159 g/mol. The molecule has 3 nitrogen and oxygen atoms in total. The van der Waals surface area contributed by atoms with Crippen molar-refractivity contribution in [3.8, 4) is 0 Å². The van der Waals surface area contributed by atoms with Gasteiger partial charge in [-0.15, -0.1) is 0 Å². The van der Waals surface area contributed by atoms with Gasteiger partial charge in [0.2, 0.25) is 0 Å². The zero-order valence-corrected chi connectivity index (χ0v) is 6.90. The fourth-order valence-electron chi connectivity index (χ4n) is 1.05. The Morgan fingerprint density at radius 2 is 2.10 bits per heavy atom. The summed E-state index contributed by atoms with van der Waals surface area (Å²) in [5.74, 6) is 0.226. The van der Waals surface area contributed by atoms with Gasteiger partial charge in [-0.1, -0.05) is 0 Å². The van der Waals surface area contributed by atoms with Crippen LogP contribution in [0.15, 0.2) is 4.99 Å². The summed E-state index contributed by atoms with van der Waals surface area (Å²) in [6.07, 6.45) is 4.40.